The molecular formula is C15H20N2O2. The van der Waals surface area contributed by atoms with Gasteiger partial charge in [-0.25, -0.2) is 0 Å². The van der Waals surface area contributed by atoms with Crippen molar-refractivity contribution in [3.05, 3.63) is 35.9 Å². The maximum atomic E-state index is 12.6. The van der Waals surface area contributed by atoms with Crippen LogP contribution in [0.3, 0.4) is 0 Å². The number of rotatable bonds is 2. The molecule has 2 aliphatic rings. The number of amides is 1. The number of hydrogen-bond donors (Lipinski definition) is 1. The van der Waals surface area contributed by atoms with Crippen LogP contribution in [0.4, 0.5) is 0 Å². The van der Waals surface area contributed by atoms with E-state index < -0.39 is 0 Å². The van der Waals surface area contributed by atoms with Gasteiger partial charge in [-0.3, -0.25) is 4.79 Å². The van der Waals surface area contributed by atoms with Gasteiger partial charge in [0.1, 0.15) is 0 Å². The minimum Gasteiger partial charge on any atom is -0.377 e. The molecule has 2 fully saturated rings. The number of ether oxygens (including phenoxy) is 1. The third kappa shape index (κ3) is 2.65. The lowest BCUT2D eigenvalue weighted by molar-refractivity contribution is -0.144. The van der Waals surface area contributed by atoms with Gasteiger partial charge in [-0.1, -0.05) is 30.3 Å². The van der Waals surface area contributed by atoms with Crippen LogP contribution >= 0.6 is 0 Å². The predicted octanol–water partition coefficient (Wildman–Crippen LogP) is 1.20. The minimum atomic E-state index is 0.0723. The topological polar surface area (TPSA) is 41.6 Å². The first-order valence-electron chi connectivity index (χ1n) is 7.00. The van der Waals surface area contributed by atoms with Gasteiger partial charge in [0.25, 0.3) is 0 Å². The van der Waals surface area contributed by atoms with Crippen LogP contribution in [0.15, 0.2) is 30.3 Å². The van der Waals surface area contributed by atoms with Crippen LogP contribution in [-0.4, -0.2) is 43.7 Å². The van der Waals surface area contributed by atoms with Crippen molar-refractivity contribution in [3.8, 4) is 0 Å². The van der Waals surface area contributed by atoms with E-state index in [1.807, 2.05) is 23.1 Å². The Kier molecular flexibility index (Phi) is 3.80. The molecular weight excluding hydrogens is 240 g/mol. The number of nitrogens with one attached hydrogen (secondary N) is 1. The van der Waals surface area contributed by atoms with E-state index in [1.54, 1.807) is 0 Å². The van der Waals surface area contributed by atoms with Gasteiger partial charge in [-0.05, 0) is 18.5 Å². The van der Waals surface area contributed by atoms with Crippen molar-refractivity contribution in [2.75, 3.05) is 32.8 Å². The van der Waals surface area contributed by atoms with Gasteiger partial charge in [0.15, 0.2) is 0 Å². The molecule has 1 unspecified atom stereocenters. The summed E-state index contributed by atoms with van der Waals surface area (Å²) in [6, 6.07) is 10.3. The van der Waals surface area contributed by atoms with Crippen LogP contribution in [0.25, 0.3) is 0 Å². The van der Waals surface area contributed by atoms with Crippen molar-refractivity contribution in [3.63, 3.8) is 0 Å². The van der Waals surface area contributed by atoms with E-state index in [0.29, 0.717) is 19.8 Å². The molecule has 1 aromatic carbocycles. The van der Waals surface area contributed by atoms with Crippen LogP contribution in [-0.2, 0) is 9.53 Å². The number of nitrogens with zero attached hydrogens (tertiary/aromatic N) is 1. The van der Waals surface area contributed by atoms with Crippen LogP contribution in [0, 0.1) is 5.92 Å². The van der Waals surface area contributed by atoms with Crippen molar-refractivity contribution < 1.29 is 9.53 Å². The van der Waals surface area contributed by atoms with E-state index in [2.05, 4.69) is 17.4 Å². The average molecular weight is 260 g/mol. The van der Waals surface area contributed by atoms with E-state index in [1.165, 1.54) is 5.56 Å². The van der Waals surface area contributed by atoms with Crippen molar-refractivity contribution in [2.24, 2.45) is 5.92 Å². The summed E-state index contributed by atoms with van der Waals surface area (Å²) in [5.41, 5.74) is 1.17. The van der Waals surface area contributed by atoms with E-state index in [9.17, 15) is 4.79 Å². The molecule has 4 nitrogen and oxygen atoms in total. The van der Waals surface area contributed by atoms with E-state index in [0.717, 1.165) is 19.5 Å². The molecule has 4 heteroatoms. The second-order valence-electron chi connectivity index (χ2n) is 5.22. The number of morpholine rings is 1. The van der Waals surface area contributed by atoms with Gasteiger partial charge in [-0.2, -0.15) is 0 Å². The van der Waals surface area contributed by atoms with Crippen molar-refractivity contribution in [1.82, 2.24) is 10.2 Å². The van der Waals surface area contributed by atoms with Crippen molar-refractivity contribution in [2.45, 2.75) is 12.5 Å². The number of hydrogen-bond acceptors (Lipinski definition) is 3. The summed E-state index contributed by atoms with van der Waals surface area (Å²) < 4.78 is 5.57. The largest absolute Gasteiger partial charge is 0.377 e. The second-order valence-corrected chi connectivity index (χ2v) is 5.22. The Hall–Kier alpha value is -1.39. The fourth-order valence-corrected chi connectivity index (χ4v) is 2.92. The van der Waals surface area contributed by atoms with Crippen LogP contribution < -0.4 is 5.32 Å². The van der Waals surface area contributed by atoms with Crippen LogP contribution in [0.2, 0.25) is 0 Å². The molecule has 102 valence electrons. The lowest BCUT2D eigenvalue weighted by Crippen LogP contribution is -2.46. The van der Waals surface area contributed by atoms with Gasteiger partial charge < -0.3 is 15.0 Å². The summed E-state index contributed by atoms with van der Waals surface area (Å²) in [4.78, 5) is 14.6. The summed E-state index contributed by atoms with van der Waals surface area (Å²) in [6.07, 6.45) is 0.956. The average Bonchev–Trinajstić information content (AvgIpc) is 3.02. The molecule has 0 bridgehead atoms. The highest BCUT2D eigenvalue weighted by atomic mass is 16.5. The Balaban J connectivity index is 1.79. The molecule has 0 aliphatic carbocycles. The Bertz CT molecular complexity index is 429. The van der Waals surface area contributed by atoms with Crippen molar-refractivity contribution in [1.29, 1.82) is 0 Å². The third-order valence-corrected chi connectivity index (χ3v) is 4.01. The molecule has 19 heavy (non-hydrogen) atoms. The number of carbonyl (C=O) groups is 1. The highest BCUT2D eigenvalue weighted by Crippen LogP contribution is 2.26. The highest BCUT2D eigenvalue weighted by molar-refractivity contribution is 5.80. The standard InChI is InChI=1S/C15H20N2O2/c18-15(13-6-7-16-10-13)17-8-9-19-11-14(17)12-4-2-1-3-5-12/h1-5,13-14,16H,6-11H2/t13?,14-/m1/s1. The Morgan fingerprint density at radius 2 is 2.16 bits per heavy atom. The van der Waals surface area contributed by atoms with E-state index >= 15 is 0 Å². The van der Waals surface area contributed by atoms with Crippen molar-refractivity contribution >= 4 is 5.91 Å². The minimum absolute atomic E-state index is 0.0723. The smallest absolute Gasteiger partial charge is 0.227 e. The van der Waals surface area contributed by atoms with Gasteiger partial charge >= 0.3 is 0 Å². The fraction of sp³-hybridized carbons (Fsp3) is 0.533. The first-order chi connectivity index (χ1) is 9.36. The molecule has 3 rings (SSSR count). The first-order valence-corrected chi connectivity index (χ1v) is 7.00. The molecule has 0 spiro atoms. The molecule has 1 aromatic rings. The molecule has 2 saturated heterocycles. The van der Waals surface area contributed by atoms with E-state index in [4.69, 9.17) is 4.74 Å². The lowest BCUT2D eigenvalue weighted by atomic mass is 10.0. The van der Waals surface area contributed by atoms with Gasteiger partial charge in [-0.15, -0.1) is 0 Å². The van der Waals surface area contributed by atoms with Gasteiger partial charge in [0.05, 0.1) is 25.2 Å². The molecule has 0 aromatic heterocycles. The molecule has 2 aliphatic heterocycles. The third-order valence-electron chi connectivity index (χ3n) is 4.01. The Morgan fingerprint density at radius 1 is 1.32 bits per heavy atom. The second kappa shape index (κ2) is 5.72. The van der Waals surface area contributed by atoms with Crippen LogP contribution in [0.5, 0.6) is 0 Å². The highest BCUT2D eigenvalue weighted by Gasteiger charge is 2.33. The Morgan fingerprint density at radius 3 is 2.89 bits per heavy atom. The van der Waals surface area contributed by atoms with E-state index in [-0.39, 0.29) is 17.9 Å². The summed E-state index contributed by atoms with van der Waals surface area (Å²) in [6.45, 7) is 3.73. The molecule has 1 N–H and O–H groups in total. The zero-order valence-electron chi connectivity index (χ0n) is 11.0. The fourth-order valence-electron chi connectivity index (χ4n) is 2.92. The normalized spacial score (nSPS) is 27.5. The molecule has 1 amide bonds. The maximum Gasteiger partial charge on any atom is 0.227 e. The van der Waals surface area contributed by atoms with Gasteiger partial charge in [0.2, 0.25) is 5.91 Å². The molecule has 2 atom stereocenters. The molecule has 2 heterocycles. The molecule has 0 radical (unpaired) electrons. The summed E-state index contributed by atoms with van der Waals surface area (Å²) in [5.74, 6) is 0.423. The maximum absolute atomic E-state index is 12.6. The summed E-state index contributed by atoms with van der Waals surface area (Å²) >= 11 is 0. The summed E-state index contributed by atoms with van der Waals surface area (Å²) in [7, 11) is 0. The zero-order valence-corrected chi connectivity index (χ0v) is 11.0. The quantitative estimate of drug-likeness (QED) is 0.868. The monoisotopic (exact) mass is 260 g/mol. The zero-order chi connectivity index (χ0) is 13.1. The predicted molar refractivity (Wildman–Crippen MR) is 72.7 cm³/mol. The summed E-state index contributed by atoms with van der Waals surface area (Å²) in [5, 5.41) is 3.27. The number of benzene rings is 1. The number of carbonyl (C=O) groups excluding carboxylic acids is 1. The Labute approximate surface area is 113 Å². The first kappa shape index (κ1) is 12.6. The van der Waals surface area contributed by atoms with Gasteiger partial charge in [0, 0.05) is 13.1 Å². The SMILES string of the molecule is O=C(C1CCNC1)N1CCOC[C@@H]1c1ccccc1. The lowest BCUT2D eigenvalue weighted by Gasteiger charge is -2.37. The van der Waals surface area contributed by atoms with Crippen LogP contribution in [0.1, 0.15) is 18.0 Å². The molecule has 0 saturated carbocycles.